The number of piperidine rings is 1. The van der Waals surface area contributed by atoms with Crippen molar-refractivity contribution in [1.82, 2.24) is 15.1 Å². The van der Waals surface area contributed by atoms with Crippen molar-refractivity contribution in [3.05, 3.63) is 9.47 Å². The Morgan fingerprint density at radius 2 is 2.19 bits per heavy atom. The molecule has 16 heavy (non-hydrogen) atoms. The lowest BCUT2D eigenvalue weighted by atomic mass is 9.92. The van der Waals surface area contributed by atoms with Crippen LogP contribution in [0.15, 0.2) is 0 Å². The standard InChI is InChI=1S/C10H16ClN3OS/c1-7(15)8-2-4-14(5-3-8)6-9-12-13-10(11)16-9/h7-8,15H,2-6H2,1H3. The number of halogens is 1. The predicted octanol–water partition coefficient (Wildman–Crippen LogP) is 1.78. The Morgan fingerprint density at radius 3 is 2.69 bits per heavy atom. The molecule has 1 N–H and O–H groups in total. The Kier molecular flexibility index (Phi) is 4.13. The number of hydrogen-bond donors (Lipinski definition) is 1. The van der Waals surface area contributed by atoms with E-state index in [4.69, 9.17) is 11.6 Å². The number of rotatable bonds is 3. The average molecular weight is 262 g/mol. The van der Waals surface area contributed by atoms with E-state index in [1.807, 2.05) is 6.92 Å². The van der Waals surface area contributed by atoms with Gasteiger partial charge in [-0.15, -0.1) is 10.2 Å². The summed E-state index contributed by atoms with van der Waals surface area (Å²) in [6, 6.07) is 0. The van der Waals surface area contributed by atoms with E-state index in [0.717, 1.165) is 37.5 Å². The van der Waals surface area contributed by atoms with Crippen LogP contribution in [-0.2, 0) is 6.54 Å². The minimum atomic E-state index is -0.182. The molecule has 1 aromatic rings. The molecule has 1 atom stereocenters. The van der Waals surface area contributed by atoms with Crippen LogP contribution in [0.5, 0.6) is 0 Å². The maximum Gasteiger partial charge on any atom is 0.207 e. The van der Waals surface area contributed by atoms with E-state index in [-0.39, 0.29) is 6.10 Å². The molecule has 1 aliphatic rings. The third kappa shape index (κ3) is 3.13. The Labute approximate surface area is 104 Å². The molecule has 0 radical (unpaired) electrons. The molecule has 0 spiro atoms. The maximum atomic E-state index is 9.50. The normalized spacial score (nSPS) is 21.2. The Balaban J connectivity index is 1.81. The molecule has 90 valence electrons. The Hall–Kier alpha value is -0.230. The molecule has 0 amide bonds. The van der Waals surface area contributed by atoms with Crippen molar-refractivity contribution in [3.8, 4) is 0 Å². The first kappa shape index (κ1) is 12.2. The molecular weight excluding hydrogens is 246 g/mol. The van der Waals surface area contributed by atoms with E-state index < -0.39 is 0 Å². The lowest BCUT2D eigenvalue weighted by molar-refractivity contribution is 0.0694. The minimum Gasteiger partial charge on any atom is -0.393 e. The van der Waals surface area contributed by atoms with Crippen LogP contribution >= 0.6 is 22.9 Å². The van der Waals surface area contributed by atoms with Gasteiger partial charge in [-0.05, 0) is 50.4 Å². The van der Waals surface area contributed by atoms with Crippen molar-refractivity contribution >= 4 is 22.9 Å². The third-order valence-corrected chi connectivity index (χ3v) is 4.12. The fraction of sp³-hybridized carbons (Fsp3) is 0.800. The van der Waals surface area contributed by atoms with Crippen LogP contribution in [0.3, 0.4) is 0 Å². The monoisotopic (exact) mass is 261 g/mol. The van der Waals surface area contributed by atoms with Crippen molar-refractivity contribution in [2.45, 2.75) is 32.4 Å². The summed E-state index contributed by atoms with van der Waals surface area (Å²) < 4.78 is 0.508. The molecule has 0 saturated carbocycles. The third-order valence-electron chi connectivity index (χ3n) is 3.12. The molecule has 0 bridgehead atoms. The van der Waals surface area contributed by atoms with Crippen LogP contribution in [0.2, 0.25) is 4.47 Å². The van der Waals surface area contributed by atoms with E-state index in [9.17, 15) is 5.11 Å². The van der Waals surface area contributed by atoms with Crippen LogP contribution in [0, 0.1) is 5.92 Å². The van der Waals surface area contributed by atoms with Crippen molar-refractivity contribution < 1.29 is 5.11 Å². The maximum absolute atomic E-state index is 9.50. The Bertz CT molecular complexity index is 337. The molecule has 1 saturated heterocycles. The van der Waals surface area contributed by atoms with E-state index in [0.29, 0.717) is 10.4 Å². The van der Waals surface area contributed by atoms with Crippen molar-refractivity contribution in [2.75, 3.05) is 13.1 Å². The van der Waals surface area contributed by atoms with Gasteiger partial charge < -0.3 is 5.11 Å². The van der Waals surface area contributed by atoms with Crippen molar-refractivity contribution in [3.63, 3.8) is 0 Å². The van der Waals surface area contributed by atoms with Gasteiger partial charge >= 0.3 is 0 Å². The van der Waals surface area contributed by atoms with Crippen LogP contribution < -0.4 is 0 Å². The number of nitrogens with zero attached hydrogens (tertiary/aromatic N) is 3. The van der Waals surface area contributed by atoms with Gasteiger partial charge in [-0.2, -0.15) is 0 Å². The van der Waals surface area contributed by atoms with E-state index in [1.54, 1.807) is 0 Å². The lowest BCUT2D eigenvalue weighted by Gasteiger charge is -2.32. The highest BCUT2D eigenvalue weighted by molar-refractivity contribution is 7.15. The van der Waals surface area contributed by atoms with Crippen LogP contribution in [-0.4, -0.2) is 39.4 Å². The van der Waals surface area contributed by atoms with Gasteiger partial charge in [-0.3, -0.25) is 4.90 Å². The van der Waals surface area contributed by atoms with E-state index in [1.165, 1.54) is 11.3 Å². The minimum absolute atomic E-state index is 0.182. The fourth-order valence-electron chi connectivity index (χ4n) is 2.08. The number of hydrogen-bond acceptors (Lipinski definition) is 5. The summed E-state index contributed by atoms with van der Waals surface area (Å²) in [6.07, 6.45) is 1.94. The SMILES string of the molecule is CC(O)C1CCN(Cc2nnc(Cl)s2)CC1. The van der Waals surface area contributed by atoms with Gasteiger partial charge in [-0.25, -0.2) is 0 Å². The second-order valence-electron chi connectivity index (χ2n) is 4.30. The predicted molar refractivity (Wildman–Crippen MR) is 64.6 cm³/mol. The van der Waals surface area contributed by atoms with Gasteiger partial charge in [0.25, 0.3) is 0 Å². The first-order chi connectivity index (χ1) is 7.65. The van der Waals surface area contributed by atoms with Crippen LogP contribution in [0.25, 0.3) is 0 Å². The largest absolute Gasteiger partial charge is 0.393 e. The van der Waals surface area contributed by atoms with E-state index >= 15 is 0 Å². The second kappa shape index (κ2) is 5.40. The quantitative estimate of drug-likeness (QED) is 0.901. The molecule has 1 aromatic heterocycles. The van der Waals surface area contributed by atoms with Gasteiger partial charge in [-0.1, -0.05) is 11.3 Å². The number of aliphatic hydroxyl groups is 1. The molecule has 1 aliphatic heterocycles. The first-order valence-corrected chi connectivity index (χ1v) is 6.73. The number of aromatic nitrogens is 2. The van der Waals surface area contributed by atoms with Crippen LogP contribution in [0.1, 0.15) is 24.8 Å². The summed E-state index contributed by atoms with van der Waals surface area (Å²) in [4.78, 5) is 2.34. The van der Waals surface area contributed by atoms with Crippen molar-refractivity contribution in [2.24, 2.45) is 5.92 Å². The highest BCUT2D eigenvalue weighted by Gasteiger charge is 2.23. The average Bonchev–Trinajstić information content (AvgIpc) is 2.65. The number of aliphatic hydroxyl groups excluding tert-OH is 1. The molecule has 1 fully saturated rings. The first-order valence-electron chi connectivity index (χ1n) is 5.53. The van der Waals surface area contributed by atoms with Gasteiger partial charge in [0.15, 0.2) is 0 Å². The molecular formula is C10H16ClN3OS. The smallest absolute Gasteiger partial charge is 0.207 e. The molecule has 6 heteroatoms. The molecule has 0 aliphatic carbocycles. The van der Waals surface area contributed by atoms with E-state index in [2.05, 4.69) is 15.1 Å². The van der Waals surface area contributed by atoms with Crippen molar-refractivity contribution in [1.29, 1.82) is 0 Å². The summed E-state index contributed by atoms with van der Waals surface area (Å²) in [7, 11) is 0. The van der Waals surface area contributed by atoms with Gasteiger partial charge in [0.05, 0.1) is 12.6 Å². The summed E-state index contributed by atoms with van der Waals surface area (Å²) >= 11 is 7.18. The zero-order chi connectivity index (χ0) is 11.5. The molecule has 4 nitrogen and oxygen atoms in total. The molecule has 2 rings (SSSR count). The summed E-state index contributed by atoms with van der Waals surface area (Å²) in [5.41, 5.74) is 0. The zero-order valence-corrected chi connectivity index (χ0v) is 10.8. The summed E-state index contributed by atoms with van der Waals surface area (Å²) in [5.74, 6) is 0.453. The highest BCUT2D eigenvalue weighted by Crippen LogP contribution is 2.23. The highest BCUT2D eigenvalue weighted by atomic mass is 35.5. The summed E-state index contributed by atoms with van der Waals surface area (Å²) in [6.45, 7) is 4.75. The van der Waals surface area contributed by atoms with Crippen LogP contribution in [0.4, 0.5) is 0 Å². The lowest BCUT2D eigenvalue weighted by Crippen LogP contribution is -2.36. The second-order valence-corrected chi connectivity index (χ2v) is 5.95. The number of likely N-dealkylation sites (tertiary alicyclic amines) is 1. The van der Waals surface area contributed by atoms with Gasteiger partial charge in [0.1, 0.15) is 5.01 Å². The zero-order valence-electron chi connectivity index (χ0n) is 9.27. The topological polar surface area (TPSA) is 49.2 Å². The van der Waals surface area contributed by atoms with Gasteiger partial charge in [0.2, 0.25) is 4.47 Å². The van der Waals surface area contributed by atoms with Gasteiger partial charge in [0, 0.05) is 0 Å². The summed E-state index contributed by atoms with van der Waals surface area (Å²) in [5, 5.41) is 18.3. The molecule has 0 aromatic carbocycles. The Morgan fingerprint density at radius 1 is 1.50 bits per heavy atom. The fourth-order valence-corrected chi connectivity index (χ4v) is 2.99. The molecule has 2 heterocycles. The molecule has 1 unspecified atom stereocenters.